The van der Waals surface area contributed by atoms with Crippen LogP contribution in [-0.4, -0.2) is 35.2 Å². The molecule has 0 saturated carbocycles. The molecule has 2 atom stereocenters. The summed E-state index contributed by atoms with van der Waals surface area (Å²) in [6.07, 6.45) is 1.06. The largest absolute Gasteiger partial charge is 0.352 e. The second kappa shape index (κ2) is 8.83. The molecule has 3 amide bonds. The van der Waals surface area contributed by atoms with E-state index in [4.69, 9.17) is 0 Å². The van der Waals surface area contributed by atoms with Gasteiger partial charge in [0.1, 0.15) is 0 Å². The van der Waals surface area contributed by atoms with Crippen molar-refractivity contribution < 1.29 is 14.4 Å². The summed E-state index contributed by atoms with van der Waals surface area (Å²) in [5, 5.41) is 5.80. The number of carbonyl (C=O) groups excluding carboxylic acids is 3. The Kier molecular flexibility index (Phi) is 6.77. The van der Waals surface area contributed by atoms with Crippen LogP contribution < -0.4 is 10.6 Å². The van der Waals surface area contributed by atoms with Crippen LogP contribution in [-0.2, 0) is 20.9 Å². The standard InChI is InChI=1S/C20H29N3O3/c1-5-14(4)19(25)22-17-8-6-7-15(9-17)11-21-20(26)16-10-18(24)23(12-16)13(2)3/h6-9,13-14,16H,5,10-12H2,1-4H3,(H,21,26)(H,22,25)/t14-,16-/m1/s1. The van der Waals surface area contributed by atoms with Crippen molar-refractivity contribution in [2.24, 2.45) is 11.8 Å². The molecule has 1 saturated heterocycles. The van der Waals surface area contributed by atoms with E-state index < -0.39 is 0 Å². The molecule has 6 nitrogen and oxygen atoms in total. The highest BCUT2D eigenvalue weighted by Gasteiger charge is 2.35. The third-order valence-corrected chi connectivity index (χ3v) is 4.87. The average Bonchev–Trinajstić information content (AvgIpc) is 3.01. The third kappa shape index (κ3) is 5.07. The number of rotatable bonds is 7. The van der Waals surface area contributed by atoms with Crippen molar-refractivity contribution in [3.63, 3.8) is 0 Å². The van der Waals surface area contributed by atoms with Crippen LogP contribution in [0.4, 0.5) is 5.69 Å². The molecule has 26 heavy (non-hydrogen) atoms. The van der Waals surface area contributed by atoms with E-state index in [9.17, 15) is 14.4 Å². The summed E-state index contributed by atoms with van der Waals surface area (Å²) in [4.78, 5) is 38.0. The summed E-state index contributed by atoms with van der Waals surface area (Å²) in [5.41, 5.74) is 1.63. The van der Waals surface area contributed by atoms with Gasteiger partial charge >= 0.3 is 0 Å². The SMILES string of the molecule is CC[C@@H](C)C(=O)Nc1cccc(CNC(=O)[C@@H]2CC(=O)N(C(C)C)C2)c1. The zero-order chi connectivity index (χ0) is 19.3. The maximum atomic E-state index is 12.4. The molecule has 0 spiro atoms. The van der Waals surface area contributed by atoms with Gasteiger partial charge in [0.2, 0.25) is 17.7 Å². The number of anilines is 1. The molecule has 1 aliphatic rings. The average molecular weight is 359 g/mol. The third-order valence-electron chi connectivity index (χ3n) is 4.87. The lowest BCUT2D eigenvalue weighted by molar-refractivity contribution is -0.130. The van der Waals surface area contributed by atoms with Crippen molar-refractivity contribution in [1.29, 1.82) is 0 Å². The first-order valence-corrected chi connectivity index (χ1v) is 9.28. The first-order valence-electron chi connectivity index (χ1n) is 9.28. The van der Waals surface area contributed by atoms with Crippen LogP contribution in [0.3, 0.4) is 0 Å². The van der Waals surface area contributed by atoms with Crippen molar-refractivity contribution in [3.05, 3.63) is 29.8 Å². The zero-order valence-electron chi connectivity index (χ0n) is 16.0. The highest BCUT2D eigenvalue weighted by Crippen LogP contribution is 2.20. The summed E-state index contributed by atoms with van der Waals surface area (Å²) in [5.74, 6) is -0.405. The molecule has 0 aromatic heterocycles. The van der Waals surface area contributed by atoms with Gasteiger partial charge < -0.3 is 15.5 Å². The Hall–Kier alpha value is -2.37. The number of hydrogen-bond donors (Lipinski definition) is 2. The minimum Gasteiger partial charge on any atom is -0.352 e. The molecule has 2 rings (SSSR count). The number of nitrogens with one attached hydrogen (secondary N) is 2. The van der Waals surface area contributed by atoms with Gasteiger partial charge in [-0.05, 0) is 38.0 Å². The van der Waals surface area contributed by atoms with Crippen LogP contribution in [0, 0.1) is 11.8 Å². The normalized spacial score (nSPS) is 18.1. The van der Waals surface area contributed by atoms with E-state index >= 15 is 0 Å². The molecule has 0 aliphatic carbocycles. The van der Waals surface area contributed by atoms with Gasteiger partial charge in [-0.15, -0.1) is 0 Å². The van der Waals surface area contributed by atoms with Crippen molar-refractivity contribution in [3.8, 4) is 0 Å². The molecule has 6 heteroatoms. The highest BCUT2D eigenvalue weighted by molar-refractivity contribution is 5.92. The first kappa shape index (κ1) is 19.9. The minimum atomic E-state index is -0.293. The summed E-state index contributed by atoms with van der Waals surface area (Å²) in [7, 11) is 0. The molecule has 142 valence electrons. The van der Waals surface area contributed by atoms with Crippen LogP contribution in [0.15, 0.2) is 24.3 Å². The molecule has 1 aliphatic heterocycles. The van der Waals surface area contributed by atoms with E-state index in [-0.39, 0.29) is 42.0 Å². The summed E-state index contributed by atoms with van der Waals surface area (Å²) < 4.78 is 0. The Bertz CT molecular complexity index is 672. The molecule has 1 aromatic carbocycles. The molecule has 0 unspecified atom stereocenters. The van der Waals surface area contributed by atoms with Gasteiger partial charge in [-0.2, -0.15) is 0 Å². The second-order valence-electron chi connectivity index (χ2n) is 7.26. The Labute approximate surface area is 155 Å². The quantitative estimate of drug-likeness (QED) is 0.785. The van der Waals surface area contributed by atoms with Gasteiger partial charge in [0.05, 0.1) is 5.92 Å². The van der Waals surface area contributed by atoms with Crippen LogP contribution in [0.25, 0.3) is 0 Å². The van der Waals surface area contributed by atoms with E-state index in [1.54, 1.807) is 4.90 Å². The van der Waals surface area contributed by atoms with Gasteiger partial charge in [-0.1, -0.05) is 26.0 Å². The van der Waals surface area contributed by atoms with Gasteiger partial charge in [0.25, 0.3) is 0 Å². The number of amides is 3. The van der Waals surface area contributed by atoms with Crippen LogP contribution in [0.5, 0.6) is 0 Å². The van der Waals surface area contributed by atoms with Crippen molar-refractivity contribution >= 4 is 23.4 Å². The van der Waals surface area contributed by atoms with E-state index in [0.29, 0.717) is 13.1 Å². The summed E-state index contributed by atoms with van der Waals surface area (Å²) in [6, 6.07) is 7.57. The van der Waals surface area contributed by atoms with Gasteiger partial charge in [-0.25, -0.2) is 0 Å². The highest BCUT2D eigenvalue weighted by atomic mass is 16.2. The monoisotopic (exact) mass is 359 g/mol. The summed E-state index contributed by atoms with van der Waals surface area (Å²) >= 11 is 0. The summed E-state index contributed by atoms with van der Waals surface area (Å²) in [6.45, 7) is 8.63. The Morgan fingerprint density at radius 3 is 2.62 bits per heavy atom. The fraction of sp³-hybridized carbons (Fsp3) is 0.550. The maximum absolute atomic E-state index is 12.4. The number of benzene rings is 1. The van der Waals surface area contributed by atoms with E-state index in [2.05, 4.69) is 10.6 Å². The predicted octanol–water partition coefficient (Wildman–Crippen LogP) is 2.54. The van der Waals surface area contributed by atoms with Crippen LogP contribution >= 0.6 is 0 Å². The fourth-order valence-electron chi connectivity index (χ4n) is 2.95. The smallest absolute Gasteiger partial charge is 0.227 e. The van der Waals surface area contributed by atoms with E-state index in [1.807, 2.05) is 52.0 Å². The number of carbonyl (C=O) groups is 3. The fourth-order valence-corrected chi connectivity index (χ4v) is 2.95. The lowest BCUT2D eigenvalue weighted by Crippen LogP contribution is -2.35. The number of nitrogens with zero attached hydrogens (tertiary/aromatic N) is 1. The molecule has 1 aromatic rings. The number of hydrogen-bond acceptors (Lipinski definition) is 3. The molecule has 0 bridgehead atoms. The Morgan fingerprint density at radius 1 is 1.27 bits per heavy atom. The molecule has 1 heterocycles. The lowest BCUT2D eigenvalue weighted by Gasteiger charge is -2.20. The Balaban J connectivity index is 1.90. The minimum absolute atomic E-state index is 0.00747. The molecule has 0 radical (unpaired) electrons. The van der Waals surface area contributed by atoms with Crippen molar-refractivity contribution in [2.75, 3.05) is 11.9 Å². The number of likely N-dealkylation sites (tertiary alicyclic amines) is 1. The van der Waals surface area contributed by atoms with Crippen LogP contribution in [0.1, 0.15) is 46.1 Å². The molecule has 1 fully saturated rings. The van der Waals surface area contributed by atoms with Crippen molar-refractivity contribution in [2.45, 2.75) is 53.1 Å². The molecular formula is C20H29N3O3. The zero-order valence-corrected chi connectivity index (χ0v) is 16.0. The molecule has 2 N–H and O–H groups in total. The second-order valence-corrected chi connectivity index (χ2v) is 7.26. The van der Waals surface area contributed by atoms with Gasteiger partial charge in [-0.3, -0.25) is 14.4 Å². The van der Waals surface area contributed by atoms with E-state index in [1.165, 1.54) is 0 Å². The van der Waals surface area contributed by atoms with E-state index in [0.717, 1.165) is 17.7 Å². The lowest BCUT2D eigenvalue weighted by atomic mass is 10.1. The topological polar surface area (TPSA) is 78.5 Å². The van der Waals surface area contributed by atoms with Gasteiger partial charge in [0, 0.05) is 37.2 Å². The molecular weight excluding hydrogens is 330 g/mol. The first-order chi connectivity index (χ1) is 12.3. The van der Waals surface area contributed by atoms with Crippen molar-refractivity contribution in [1.82, 2.24) is 10.2 Å². The Morgan fingerprint density at radius 2 is 2.00 bits per heavy atom. The van der Waals surface area contributed by atoms with Gasteiger partial charge in [0.15, 0.2) is 0 Å². The maximum Gasteiger partial charge on any atom is 0.227 e. The van der Waals surface area contributed by atoms with Crippen LogP contribution in [0.2, 0.25) is 0 Å². The predicted molar refractivity (Wildman–Crippen MR) is 101 cm³/mol.